The predicted octanol–water partition coefficient (Wildman–Crippen LogP) is 5.30. The van der Waals surface area contributed by atoms with Crippen LogP contribution >= 0.6 is 0 Å². The topological polar surface area (TPSA) is 25.8 Å². The van der Waals surface area contributed by atoms with E-state index < -0.39 is 0 Å². The maximum absolute atomic E-state index is 4.31. The highest BCUT2D eigenvalue weighted by Gasteiger charge is 2.28. The molecule has 0 amide bonds. The zero-order valence-electron chi connectivity index (χ0n) is 13.8. The maximum atomic E-state index is 4.31. The van der Waals surface area contributed by atoms with Gasteiger partial charge in [0.2, 0.25) is 0 Å². The summed E-state index contributed by atoms with van der Waals surface area (Å²) in [6.07, 6.45) is 11.4. The Hall–Kier alpha value is -1.44. The molecule has 0 radical (unpaired) electrons. The summed E-state index contributed by atoms with van der Waals surface area (Å²) in [6.45, 7) is 12.8. The Bertz CT molecular complexity index is 539. The number of hydrogen-bond acceptors (Lipinski definition) is 2. The molecule has 2 aromatic heterocycles. The monoisotopic (exact) mass is 272 g/mol. The van der Waals surface area contributed by atoms with Gasteiger partial charge in [-0.25, -0.2) is 0 Å². The third-order valence-corrected chi connectivity index (χ3v) is 3.49. The highest BCUT2D eigenvalue weighted by atomic mass is 14.7. The van der Waals surface area contributed by atoms with Gasteiger partial charge in [0.15, 0.2) is 0 Å². The van der Waals surface area contributed by atoms with Crippen LogP contribution in [0.4, 0.5) is 0 Å². The molecule has 0 saturated heterocycles. The summed E-state index contributed by atoms with van der Waals surface area (Å²) in [4.78, 5) is 8.58. The second-order valence-corrected chi connectivity index (χ2v) is 5.67. The van der Waals surface area contributed by atoms with E-state index in [0.717, 1.165) is 6.42 Å². The third kappa shape index (κ3) is 3.36. The zero-order chi connectivity index (χ0) is 15.2. The van der Waals surface area contributed by atoms with Crippen LogP contribution in [0.2, 0.25) is 0 Å². The molecule has 1 aliphatic carbocycles. The van der Waals surface area contributed by atoms with Crippen LogP contribution in [0.5, 0.6) is 0 Å². The van der Waals surface area contributed by atoms with E-state index in [4.69, 9.17) is 0 Å². The van der Waals surface area contributed by atoms with Gasteiger partial charge in [0.05, 0.1) is 0 Å². The van der Waals surface area contributed by atoms with Crippen molar-refractivity contribution in [2.45, 2.75) is 66.2 Å². The first-order chi connectivity index (χ1) is 9.60. The fourth-order valence-corrected chi connectivity index (χ4v) is 2.49. The van der Waals surface area contributed by atoms with Gasteiger partial charge >= 0.3 is 0 Å². The summed E-state index contributed by atoms with van der Waals surface area (Å²) in [6, 6.07) is 0. The van der Waals surface area contributed by atoms with E-state index in [0.29, 0.717) is 0 Å². The van der Waals surface area contributed by atoms with Crippen molar-refractivity contribution in [2.75, 3.05) is 0 Å². The number of nitrogens with zero attached hydrogens (tertiary/aromatic N) is 2. The van der Waals surface area contributed by atoms with Gasteiger partial charge < -0.3 is 0 Å². The van der Waals surface area contributed by atoms with E-state index in [1.807, 2.05) is 38.6 Å². The highest BCUT2D eigenvalue weighted by Crippen LogP contribution is 2.39. The number of aromatic nitrogens is 2. The molecule has 2 aromatic rings. The standard InChI is InChI=1S/C13H14N2.C3H8.C2H6/c1-13(2)4-3-9-5-14-6-10-7-15-8-11(13)12(9)10;1-3-2;1-2/h5-8H,3-4H2,1-2H3;3H2,1-2H3;1-2H3. The van der Waals surface area contributed by atoms with Crippen molar-refractivity contribution in [1.29, 1.82) is 0 Å². The summed E-state index contributed by atoms with van der Waals surface area (Å²) in [5.74, 6) is 0. The molecule has 20 heavy (non-hydrogen) atoms. The average Bonchev–Trinajstić information content (AvgIpc) is 2.46. The van der Waals surface area contributed by atoms with Crippen LogP contribution in [0, 0.1) is 0 Å². The lowest BCUT2D eigenvalue weighted by Crippen LogP contribution is -2.23. The quantitative estimate of drug-likeness (QED) is 0.650. The second-order valence-electron chi connectivity index (χ2n) is 5.67. The van der Waals surface area contributed by atoms with E-state index in [1.54, 1.807) is 0 Å². The number of aryl methyl sites for hydroxylation is 1. The highest BCUT2D eigenvalue weighted by molar-refractivity contribution is 5.88. The van der Waals surface area contributed by atoms with Crippen molar-refractivity contribution in [1.82, 2.24) is 9.97 Å². The molecule has 0 fully saturated rings. The summed E-state index contributed by atoms with van der Waals surface area (Å²) in [5.41, 5.74) is 3.01. The molecule has 0 unspecified atom stereocenters. The summed E-state index contributed by atoms with van der Waals surface area (Å²) < 4.78 is 0. The van der Waals surface area contributed by atoms with E-state index in [1.165, 1.54) is 34.7 Å². The Morgan fingerprint density at radius 2 is 1.55 bits per heavy atom. The first-order valence-electron chi connectivity index (χ1n) is 7.81. The average molecular weight is 272 g/mol. The van der Waals surface area contributed by atoms with Crippen molar-refractivity contribution in [3.05, 3.63) is 35.9 Å². The molecule has 1 aliphatic rings. The normalized spacial score (nSPS) is 14.7. The number of hydrogen-bond donors (Lipinski definition) is 0. The fourth-order valence-electron chi connectivity index (χ4n) is 2.49. The molecule has 0 atom stereocenters. The van der Waals surface area contributed by atoms with Crippen LogP contribution in [0.3, 0.4) is 0 Å². The molecule has 0 bridgehead atoms. The van der Waals surface area contributed by atoms with Crippen molar-refractivity contribution in [2.24, 2.45) is 0 Å². The Morgan fingerprint density at radius 1 is 1.00 bits per heavy atom. The molecule has 2 heteroatoms. The van der Waals surface area contributed by atoms with Gasteiger partial charge in [0, 0.05) is 30.2 Å². The summed E-state index contributed by atoms with van der Waals surface area (Å²) in [7, 11) is 0. The number of pyridine rings is 2. The van der Waals surface area contributed by atoms with Crippen LogP contribution in [0.15, 0.2) is 24.8 Å². The predicted molar refractivity (Wildman–Crippen MR) is 88.2 cm³/mol. The lowest BCUT2D eigenvalue weighted by Gasteiger charge is -2.31. The Morgan fingerprint density at radius 3 is 2.15 bits per heavy atom. The Balaban J connectivity index is 0.000000357. The molecule has 110 valence electrons. The van der Waals surface area contributed by atoms with Crippen LogP contribution in [-0.4, -0.2) is 9.97 Å². The summed E-state index contributed by atoms with van der Waals surface area (Å²) >= 11 is 0. The van der Waals surface area contributed by atoms with Crippen molar-refractivity contribution in [3.8, 4) is 0 Å². The SMILES string of the molecule is CC.CC1(C)CCc2cncc3cncc1c23.CCC. The molecular weight excluding hydrogens is 244 g/mol. The first-order valence-corrected chi connectivity index (χ1v) is 7.81. The van der Waals surface area contributed by atoms with Crippen molar-refractivity contribution < 1.29 is 0 Å². The lowest BCUT2D eigenvalue weighted by atomic mass is 9.74. The van der Waals surface area contributed by atoms with Gasteiger partial charge in [-0.3, -0.25) is 9.97 Å². The van der Waals surface area contributed by atoms with Gasteiger partial charge in [0.25, 0.3) is 0 Å². The largest absolute Gasteiger partial charge is 0.264 e. The van der Waals surface area contributed by atoms with Crippen molar-refractivity contribution >= 4 is 10.8 Å². The first kappa shape index (κ1) is 16.6. The van der Waals surface area contributed by atoms with E-state index in [9.17, 15) is 0 Å². The summed E-state index contributed by atoms with van der Waals surface area (Å²) in [5, 5.41) is 2.56. The Kier molecular flexibility index (Phi) is 6.12. The van der Waals surface area contributed by atoms with Crippen LogP contribution in [0.25, 0.3) is 10.8 Å². The minimum absolute atomic E-state index is 0.251. The molecular formula is C18H28N2. The Labute approximate surface area is 123 Å². The second kappa shape index (κ2) is 7.37. The smallest absolute Gasteiger partial charge is 0.0362 e. The van der Waals surface area contributed by atoms with Crippen LogP contribution in [0.1, 0.15) is 65.5 Å². The van der Waals surface area contributed by atoms with E-state index in [-0.39, 0.29) is 5.41 Å². The van der Waals surface area contributed by atoms with Gasteiger partial charge in [-0.05, 0) is 34.8 Å². The van der Waals surface area contributed by atoms with Gasteiger partial charge in [-0.15, -0.1) is 0 Å². The zero-order valence-corrected chi connectivity index (χ0v) is 13.8. The molecule has 2 nitrogen and oxygen atoms in total. The van der Waals surface area contributed by atoms with Crippen molar-refractivity contribution in [3.63, 3.8) is 0 Å². The molecule has 0 spiro atoms. The third-order valence-electron chi connectivity index (χ3n) is 3.49. The van der Waals surface area contributed by atoms with E-state index in [2.05, 4.69) is 37.7 Å². The minimum atomic E-state index is 0.251. The molecule has 0 aliphatic heterocycles. The molecule has 2 heterocycles. The maximum Gasteiger partial charge on any atom is 0.0362 e. The molecule has 0 N–H and O–H groups in total. The fraction of sp³-hybridized carbons (Fsp3) is 0.556. The molecule has 0 aromatic carbocycles. The minimum Gasteiger partial charge on any atom is -0.264 e. The van der Waals surface area contributed by atoms with E-state index >= 15 is 0 Å². The lowest BCUT2D eigenvalue weighted by molar-refractivity contribution is 0.472. The van der Waals surface area contributed by atoms with Crippen LogP contribution in [-0.2, 0) is 11.8 Å². The van der Waals surface area contributed by atoms with Gasteiger partial charge in [-0.2, -0.15) is 0 Å². The van der Waals surface area contributed by atoms with Gasteiger partial charge in [-0.1, -0.05) is 48.0 Å². The molecule has 3 rings (SSSR count). The van der Waals surface area contributed by atoms with Gasteiger partial charge in [0.1, 0.15) is 0 Å². The van der Waals surface area contributed by atoms with Crippen LogP contribution < -0.4 is 0 Å². The molecule has 0 saturated carbocycles. The number of rotatable bonds is 0.